The van der Waals surface area contributed by atoms with Crippen molar-refractivity contribution in [2.24, 2.45) is 0 Å². The predicted octanol–water partition coefficient (Wildman–Crippen LogP) is 4.14. The van der Waals surface area contributed by atoms with E-state index in [1.165, 1.54) is 24.5 Å². The standard InChI is InChI=1S/C20H16Cl2FN3O3/c21-16-4-5-17(23)19(22)15(16)6-7-29-14-3-1-2-12(8-14)20-24-9-13(10-25-20)26-18(28)11-27/h1-5,8-10,27H,6-7,11H2,(H,26,28). The first-order valence-corrected chi connectivity index (χ1v) is 9.32. The number of aromatic nitrogens is 2. The molecule has 0 spiro atoms. The summed E-state index contributed by atoms with van der Waals surface area (Å²) in [6, 6.07) is 9.82. The molecule has 1 amide bonds. The SMILES string of the molecule is O=C(CO)Nc1cnc(-c2cccc(OCCc3c(Cl)ccc(F)c3Cl)c2)nc1. The molecule has 150 valence electrons. The summed E-state index contributed by atoms with van der Waals surface area (Å²) in [6.07, 6.45) is 3.23. The van der Waals surface area contributed by atoms with Crippen LogP contribution in [0, 0.1) is 5.82 Å². The molecule has 0 bridgehead atoms. The van der Waals surface area contributed by atoms with Gasteiger partial charge in [-0.1, -0.05) is 35.3 Å². The third-order valence-electron chi connectivity index (χ3n) is 3.93. The molecule has 0 unspecified atom stereocenters. The Bertz CT molecular complexity index is 1020. The Hall–Kier alpha value is -2.74. The second-order valence-corrected chi connectivity index (χ2v) is 6.73. The smallest absolute Gasteiger partial charge is 0.250 e. The maximum Gasteiger partial charge on any atom is 0.250 e. The number of benzene rings is 2. The van der Waals surface area contributed by atoms with E-state index in [1.807, 2.05) is 6.07 Å². The van der Waals surface area contributed by atoms with Gasteiger partial charge >= 0.3 is 0 Å². The Morgan fingerprint density at radius 1 is 1.17 bits per heavy atom. The van der Waals surface area contributed by atoms with E-state index in [4.69, 9.17) is 33.0 Å². The molecule has 0 atom stereocenters. The second-order valence-electron chi connectivity index (χ2n) is 5.95. The van der Waals surface area contributed by atoms with Gasteiger partial charge in [-0.15, -0.1) is 0 Å². The van der Waals surface area contributed by atoms with Gasteiger partial charge in [0.15, 0.2) is 5.82 Å². The number of carbonyl (C=O) groups is 1. The lowest BCUT2D eigenvalue weighted by Crippen LogP contribution is -2.15. The van der Waals surface area contributed by atoms with Crippen molar-refractivity contribution >= 4 is 34.8 Å². The van der Waals surface area contributed by atoms with Crippen LogP contribution in [-0.2, 0) is 11.2 Å². The highest BCUT2D eigenvalue weighted by Gasteiger charge is 2.11. The van der Waals surface area contributed by atoms with Gasteiger partial charge in [0.1, 0.15) is 18.2 Å². The van der Waals surface area contributed by atoms with E-state index >= 15 is 0 Å². The van der Waals surface area contributed by atoms with Crippen LogP contribution in [0.25, 0.3) is 11.4 Å². The van der Waals surface area contributed by atoms with Gasteiger partial charge in [0.05, 0.1) is 29.7 Å². The summed E-state index contributed by atoms with van der Waals surface area (Å²) in [6.45, 7) is -0.369. The molecule has 0 aliphatic rings. The normalized spacial score (nSPS) is 10.6. The quantitative estimate of drug-likeness (QED) is 0.544. The van der Waals surface area contributed by atoms with E-state index in [2.05, 4.69) is 15.3 Å². The van der Waals surface area contributed by atoms with E-state index < -0.39 is 18.3 Å². The van der Waals surface area contributed by atoms with Crippen molar-refractivity contribution in [3.63, 3.8) is 0 Å². The topological polar surface area (TPSA) is 84.3 Å². The summed E-state index contributed by atoms with van der Waals surface area (Å²) < 4.78 is 19.3. The number of anilines is 1. The number of aliphatic hydroxyl groups excluding tert-OH is 1. The monoisotopic (exact) mass is 435 g/mol. The highest BCUT2D eigenvalue weighted by atomic mass is 35.5. The van der Waals surface area contributed by atoms with Crippen LogP contribution in [-0.4, -0.2) is 34.2 Å². The van der Waals surface area contributed by atoms with E-state index in [9.17, 15) is 9.18 Å². The van der Waals surface area contributed by atoms with Crippen LogP contribution < -0.4 is 10.1 Å². The van der Waals surface area contributed by atoms with Crippen molar-refractivity contribution in [3.05, 3.63) is 70.2 Å². The molecule has 0 radical (unpaired) electrons. The number of nitrogens with one attached hydrogen (secondary N) is 1. The Morgan fingerprint density at radius 3 is 2.66 bits per heavy atom. The van der Waals surface area contributed by atoms with Gasteiger partial charge in [0.2, 0.25) is 5.91 Å². The maximum absolute atomic E-state index is 13.6. The molecule has 2 aromatic carbocycles. The Balaban J connectivity index is 1.66. The summed E-state index contributed by atoms with van der Waals surface area (Å²) in [5.74, 6) is -0.0554. The molecule has 0 aliphatic heterocycles. The molecule has 9 heteroatoms. The van der Waals surface area contributed by atoms with Crippen molar-refractivity contribution in [1.82, 2.24) is 9.97 Å². The number of ether oxygens (including phenoxy) is 1. The predicted molar refractivity (Wildman–Crippen MR) is 109 cm³/mol. The molecule has 0 fully saturated rings. The van der Waals surface area contributed by atoms with Crippen LogP contribution in [0.3, 0.4) is 0 Å². The number of rotatable bonds is 7. The number of hydrogen-bond donors (Lipinski definition) is 2. The first-order chi connectivity index (χ1) is 14.0. The van der Waals surface area contributed by atoms with Gasteiger partial charge in [-0.05, 0) is 29.8 Å². The largest absolute Gasteiger partial charge is 0.493 e. The van der Waals surface area contributed by atoms with Crippen LogP contribution in [0.4, 0.5) is 10.1 Å². The molecular formula is C20H16Cl2FN3O3. The molecule has 29 heavy (non-hydrogen) atoms. The number of halogens is 3. The Labute approximate surface area is 176 Å². The molecule has 3 rings (SSSR count). The molecule has 1 heterocycles. The zero-order valence-corrected chi connectivity index (χ0v) is 16.5. The molecule has 0 aliphatic carbocycles. The average molecular weight is 436 g/mol. The number of amides is 1. The van der Waals surface area contributed by atoms with Gasteiger partial charge in [0.25, 0.3) is 0 Å². The van der Waals surface area contributed by atoms with Gasteiger partial charge in [-0.25, -0.2) is 14.4 Å². The molecule has 0 saturated carbocycles. The van der Waals surface area contributed by atoms with Crippen molar-refractivity contribution in [3.8, 4) is 17.1 Å². The third kappa shape index (κ3) is 5.41. The van der Waals surface area contributed by atoms with Gasteiger partial charge in [-0.3, -0.25) is 4.79 Å². The number of aliphatic hydroxyl groups is 1. The lowest BCUT2D eigenvalue weighted by atomic mass is 10.1. The minimum atomic E-state index is -0.618. The van der Waals surface area contributed by atoms with Crippen LogP contribution in [0.2, 0.25) is 10.0 Å². The fourth-order valence-electron chi connectivity index (χ4n) is 2.54. The fourth-order valence-corrected chi connectivity index (χ4v) is 3.10. The van der Waals surface area contributed by atoms with Crippen molar-refractivity contribution in [2.45, 2.75) is 6.42 Å². The summed E-state index contributed by atoms with van der Waals surface area (Å²) >= 11 is 12.0. The van der Waals surface area contributed by atoms with Crippen molar-refractivity contribution < 1.29 is 19.0 Å². The number of carbonyl (C=O) groups excluding carboxylic acids is 1. The minimum Gasteiger partial charge on any atom is -0.493 e. The second kappa shape index (κ2) is 9.65. The van der Waals surface area contributed by atoms with Gasteiger partial charge < -0.3 is 15.2 Å². The van der Waals surface area contributed by atoms with Gasteiger partial charge in [0, 0.05) is 17.0 Å². The summed E-state index contributed by atoms with van der Waals surface area (Å²) in [5, 5.41) is 11.6. The Morgan fingerprint density at radius 2 is 1.93 bits per heavy atom. The Kier molecular flexibility index (Phi) is 6.98. The zero-order valence-electron chi connectivity index (χ0n) is 15.0. The van der Waals surface area contributed by atoms with Crippen LogP contribution in [0.1, 0.15) is 5.56 Å². The van der Waals surface area contributed by atoms with E-state index in [-0.39, 0.29) is 11.6 Å². The van der Waals surface area contributed by atoms with Crippen molar-refractivity contribution in [1.29, 1.82) is 0 Å². The molecule has 2 N–H and O–H groups in total. The lowest BCUT2D eigenvalue weighted by molar-refractivity contribution is -0.118. The minimum absolute atomic E-state index is 0.00312. The third-order valence-corrected chi connectivity index (χ3v) is 4.69. The van der Waals surface area contributed by atoms with E-state index in [0.717, 1.165) is 0 Å². The summed E-state index contributed by atoms with van der Waals surface area (Å²) in [5.41, 5.74) is 1.58. The van der Waals surface area contributed by atoms with E-state index in [0.29, 0.717) is 39.8 Å². The van der Waals surface area contributed by atoms with Crippen molar-refractivity contribution in [2.75, 3.05) is 18.5 Å². The van der Waals surface area contributed by atoms with Crippen LogP contribution in [0.5, 0.6) is 5.75 Å². The fraction of sp³-hybridized carbons (Fsp3) is 0.150. The molecule has 6 nitrogen and oxygen atoms in total. The highest BCUT2D eigenvalue weighted by Crippen LogP contribution is 2.28. The molecule has 3 aromatic rings. The zero-order chi connectivity index (χ0) is 20.8. The number of hydrogen-bond acceptors (Lipinski definition) is 5. The number of nitrogens with zero attached hydrogens (tertiary/aromatic N) is 2. The van der Waals surface area contributed by atoms with Crippen LogP contribution >= 0.6 is 23.2 Å². The molecule has 1 aromatic heterocycles. The average Bonchev–Trinajstić information content (AvgIpc) is 2.74. The summed E-state index contributed by atoms with van der Waals surface area (Å²) in [4.78, 5) is 19.6. The first kappa shape index (κ1) is 21.0. The highest BCUT2D eigenvalue weighted by molar-refractivity contribution is 6.36. The molecule has 0 saturated heterocycles. The maximum atomic E-state index is 13.6. The summed E-state index contributed by atoms with van der Waals surface area (Å²) in [7, 11) is 0. The van der Waals surface area contributed by atoms with Crippen LogP contribution in [0.15, 0.2) is 48.8 Å². The molecular weight excluding hydrogens is 420 g/mol. The van der Waals surface area contributed by atoms with Gasteiger partial charge in [-0.2, -0.15) is 0 Å². The lowest BCUT2D eigenvalue weighted by Gasteiger charge is -2.10. The first-order valence-electron chi connectivity index (χ1n) is 8.56. The van der Waals surface area contributed by atoms with E-state index in [1.54, 1.807) is 18.2 Å².